The summed E-state index contributed by atoms with van der Waals surface area (Å²) in [7, 11) is -1.20. The summed E-state index contributed by atoms with van der Waals surface area (Å²) in [5.74, 6) is 0.169. The summed E-state index contributed by atoms with van der Waals surface area (Å²) in [5, 5.41) is 4.17. The Balaban J connectivity index is 1.68. The standard InChI is InChI=1S/C16H16N6O5S4/c1-26-12-7-11(18-14(19-12)27-2)21-31(24,25)10-5-3-9(4-6-10)17-15(28)20-22-13(23)8-30-16(22)29/h3-7H,8H2,1-2H3,(H2,17,20,28)(H,18,19,21). The molecule has 164 valence electrons. The SMILES string of the molecule is COc1cc(NS(=O)(=O)c2ccc(NC(=S)NN3C(=O)CSC3=S)cc2)nc(OC)n1. The van der Waals surface area contributed by atoms with Crippen molar-refractivity contribution in [1.82, 2.24) is 20.4 Å². The van der Waals surface area contributed by atoms with E-state index in [0.717, 1.165) is 0 Å². The minimum Gasteiger partial charge on any atom is -0.481 e. The van der Waals surface area contributed by atoms with Gasteiger partial charge in [0.1, 0.15) is 0 Å². The number of carbonyl (C=O) groups is 1. The van der Waals surface area contributed by atoms with Crippen LogP contribution in [0.5, 0.6) is 11.9 Å². The Morgan fingerprint density at radius 1 is 1.19 bits per heavy atom. The number of sulfonamides is 1. The van der Waals surface area contributed by atoms with Crippen molar-refractivity contribution in [3.05, 3.63) is 30.3 Å². The number of thioether (sulfide) groups is 1. The number of carbonyl (C=O) groups excluding carboxylic acids is 1. The van der Waals surface area contributed by atoms with Gasteiger partial charge < -0.3 is 14.8 Å². The molecule has 31 heavy (non-hydrogen) atoms. The monoisotopic (exact) mass is 500 g/mol. The highest BCUT2D eigenvalue weighted by Crippen LogP contribution is 2.22. The van der Waals surface area contributed by atoms with Crippen LogP contribution >= 0.6 is 36.2 Å². The van der Waals surface area contributed by atoms with Crippen molar-refractivity contribution in [3.63, 3.8) is 0 Å². The van der Waals surface area contributed by atoms with Gasteiger partial charge in [-0.15, -0.1) is 0 Å². The predicted molar refractivity (Wildman–Crippen MR) is 124 cm³/mol. The largest absolute Gasteiger partial charge is 0.481 e. The van der Waals surface area contributed by atoms with Crippen LogP contribution in [0.4, 0.5) is 11.5 Å². The van der Waals surface area contributed by atoms with Gasteiger partial charge in [0.05, 0.1) is 24.9 Å². The van der Waals surface area contributed by atoms with E-state index in [9.17, 15) is 13.2 Å². The molecule has 0 radical (unpaired) electrons. The molecule has 1 aromatic carbocycles. The van der Waals surface area contributed by atoms with Gasteiger partial charge in [-0.05, 0) is 36.5 Å². The molecule has 1 saturated heterocycles. The summed E-state index contributed by atoms with van der Waals surface area (Å²) in [6, 6.07) is 7.06. The molecule has 11 nitrogen and oxygen atoms in total. The van der Waals surface area contributed by atoms with Gasteiger partial charge >= 0.3 is 6.01 Å². The van der Waals surface area contributed by atoms with Gasteiger partial charge in [0.15, 0.2) is 15.3 Å². The molecule has 0 aliphatic carbocycles. The molecule has 1 aliphatic heterocycles. The number of nitrogens with zero attached hydrogens (tertiary/aromatic N) is 3. The Labute approximate surface area is 192 Å². The molecule has 1 fully saturated rings. The fraction of sp³-hybridized carbons (Fsp3) is 0.188. The Morgan fingerprint density at radius 2 is 1.90 bits per heavy atom. The quantitative estimate of drug-likeness (QED) is 0.474. The molecule has 2 heterocycles. The van der Waals surface area contributed by atoms with Crippen LogP contribution in [0.25, 0.3) is 0 Å². The van der Waals surface area contributed by atoms with Crippen LogP contribution in [0.2, 0.25) is 0 Å². The normalized spacial score (nSPS) is 13.7. The molecule has 1 aromatic heterocycles. The van der Waals surface area contributed by atoms with Gasteiger partial charge in [0, 0.05) is 11.8 Å². The number of ether oxygens (including phenoxy) is 2. The number of rotatable bonds is 7. The summed E-state index contributed by atoms with van der Waals surface area (Å²) >= 11 is 11.5. The predicted octanol–water partition coefficient (Wildman–Crippen LogP) is 1.36. The molecule has 1 aliphatic rings. The lowest BCUT2D eigenvalue weighted by atomic mass is 10.3. The highest BCUT2D eigenvalue weighted by Gasteiger charge is 2.27. The molecule has 0 bridgehead atoms. The first-order valence-corrected chi connectivity index (χ1v) is 11.7. The van der Waals surface area contributed by atoms with E-state index in [0.29, 0.717) is 10.0 Å². The summed E-state index contributed by atoms with van der Waals surface area (Å²) in [6.07, 6.45) is 0. The number of thiocarbonyl (C=S) groups is 2. The number of aromatic nitrogens is 2. The first-order chi connectivity index (χ1) is 14.7. The van der Waals surface area contributed by atoms with Crippen molar-refractivity contribution < 1.29 is 22.7 Å². The maximum absolute atomic E-state index is 12.7. The lowest BCUT2D eigenvalue weighted by Gasteiger charge is -2.18. The van der Waals surface area contributed by atoms with Gasteiger partial charge in [-0.3, -0.25) is 14.9 Å². The zero-order valence-electron chi connectivity index (χ0n) is 16.1. The summed E-state index contributed by atoms with van der Waals surface area (Å²) in [5.41, 5.74) is 3.21. The number of amides is 1. The van der Waals surface area contributed by atoms with Crippen LogP contribution in [0, 0.1) is 0 Å². The van der Waals surface area contributed by atoms with Gasteiger partial charge in [0.25, 0.3) is 15.9 Å². The Hall–Kier alpha value is -2.75. The highest BCUT2D eigenvalue weighted by atomic mass is 32.2. The third-order valence-corrected chi connectivity index (χ3v) is 6.62. The molecule has 3 N–H and O–H groups in total. The molecular weight excluding hydrogens is 484 g/mol. The van der Waals surface area contributed by atoms with E-state index in [2.05, 4.69) is 25.4 Å². The number of hydrogen-bond donors (Lipinski definition) is 3. The van der Waals surface area contributed by atoms with Crippen molar-refractivity contribution in [3.8, 4) is 11.9 Å². The van der Waals surface area contributed by atoms with Crippen molar-refractivity contribution in [2.75, 3.05) is 30.0 Å². The van der Waals surface area contributed by atoms with Crippen LogP contribution in [0.1, 0.15) is 0 Å². The average Bonchev–Trinajstić information content (AvgIpc) is 3.05. The van der Waals surface area contributed by atoms with E-state index >= 15 is 0 Å². The second kappa shape index (κ2) is 9.59. The number of hydrazine groups is 1. The van der Waals surface area contributed by atoms with Crippen molar-refractivity contribution in [1.29, 1.82) is 0 Å². The van der Waals surface area contributed by atoms with Crippen LogP contribution in [0.15, 0.2) is 35.2 Å². The topological polar surface area (TPSA) is 135 Å². The van der Waals surface area contributed by atoms with E-state index in [1.54, 1.807) is 0 Å². The number of methoxy groups -OCH3 is 2. The molecule has 1 amide bonds. The van der Waals surface area contributed by atoms with Crippen molar-refractivity contribution in [2.45, 2.75) is 4.90 Å². The Kier molecular flexibility index (Phi) is 7.09. The van der Waals surface area contributed by atoms with E-state index < -0.39 is 10.0 Å². The molecule has 15 heteroatoms. The molecule has 0 saturated carbocycles. The van der Waals surface area contributed by atoms with Crippen molar-refractivity contribution >= 4 is 73.1 Å². The maximum atomic E-state index is 12.7. The molecule has 0 spiro atoms. The van der Waals surface area contributed by atoms with Gasteiger partial charge in [-0.2, -0.15) is 9.97 Å². The van der Waals surface area contributed by atoms with E-state index in [4.69, 9.17) is 33.9 Å². The smallest absolute Gasteiger partial charge is 0.321 e. The third kappa shape index (κ3) is 5.69. The first-order valence-electron chi connectivity index (χ1n) is 8.39. The van der Waals surface area contributed by atoms with Crippen molar-refractivity contribution in [2.24, 2.45) is 0 Å². The minimum absolute atomic E-state index is 0.0132. The van der Waals surface area contributed by atoms with E-state index in [-0.39, 0.29) is 39.4 Å². The number of anilines is 2. The first kappa shape index (κ1) is 22.9. The molecule has 3 rings (SSSR count). The van der Waals surface area contributed by atoms with E-state index in [1.807, 2.05) is 0 Å². The molecular formula is C16H16N6O5S4. The Bertz CT molecular complexity index is 1090. The fourth-order valence-corrected chi connectivity index (χ4v) is 4.47. The minimum atomic E-state index is -3.94. The Morgan fingerprint density at radius 3 is 2.48 bits per heavy atom. The summed E-state index contributed by atoms with van der Waals surface area (Å²) in [4.78, 5) is 19.6. The van der Waals surface area contributed by atoms with Crippen LogP contribution in [-0.2, 0) is 14.8 Å². The second-order valence-corrected chi connectivity index (χ2v) is 9.46. The lowest BCUT2D eigenvalue weighted by molar-refractivity contribution is -0.125. The van der Waals surface area contributed by atoms with Crippen LogP contribution in [-0.4, -0.2) is 58.7 Å². The zero-order valence-corrected chi connectivity index (χ0v) is 19.4. The second-order valence-electron chi connectivity index (χ2n) is 5.76. The average molecular weight is 501 g/mol. The summed E-state index contributed by atoms with van der Waals surface area (Å²) < 4.78 is 38.0. The van der Waals surface area contributed by atoms with Crippen LogP contribution < -0.4 is 24.9 Å². The molecule has 0 unspecified atom stereocenters. The third-order valence-electron chi connectivity index (χ3n) is 3.70. The van der Waals surface area contributed by atoms with Gasteiger partial charge in [-0.25, -0.2) is 13.4 Å². The summed E-state index contributed by atoms with van der Waals surface area (Å²) in [6.45, 7) is 0. The highest BCUT2D eigenvalue weighted by molar-refractivity contribution is 8.23. The number of nitrogens with one attached hydrogen (secondary N) is 3. The molecule has 0 atom stereocenters. The van der Waals surface area contributed by atoms with Gasteiger partial charge in [0.2, 0.25) is 5.88 Å². The zero-order chi connectivity index (χ0) is 22.6. The number of benzene rings is 1. The van der Waals surface area contributed by atoms with Gasteiger partial charge in [-0.1, -0.05) is 24.0 Å². The van der Waals surface area contributed by atoms with Crippen LogP contribution in [0.3, 0.4) is 0 Å². The lowest BCUT2D eigenvalue weighted by Crippen LogP contribution is -2.46. The number of hydrogen-bond acceptors (Lipinski definition) is 10. The van der Waals surface area contributed by atoms with E-state index in [1.165, 1.54) is 61.3 Å². The molecule has 2 aromatic rings. The maximum Gasteiger partial charge on any atom is 0.321 e. The fourth-order valence-electron chi connectivity index (χ4n) is 2.29.